The first-order valence-corrected chi connectivity index (χ1v) is 12.5. The van der Waals surface area contributed by atoms with Crippen LogP contribution in [-0.2, 0) is 44.7 Å². The summed E-state index contributed by atoms with van der Waals surface area (Å²) in [6, 6.07) is 9.25. The number of fused-ring (bicyclic) bond motifs is 1. The van der Waals surface area contributed by atoms with E-state index in [-0.39, 0.29) is 17.8 Å². The second-order valence-electron chi connectivity index (χ2n) is 12.0. The van der Waals surface area contributed by atoms with Gasteiger partial charge in [0.15, 0.2) is 12.2 Å². The van der Waals surface area contributed by atoms with Crippen molar-refractivity contribution in [3.8, 4) is 0 Å². The molecule has 1 aromatic rings. The van der Waals surface area contributed by atoms with Crippen molar-refractivity contribution < 1.29 is 48.3 Å². The van der Waals surface area contributed by atoms with Crippen LogP contribution < -0.4 is 0 Å². The number of esters is 3. The van der Waals surface area contributed by atoms with E-state index in [4.69, 9.17) is 23.7 Å². The van der Waals surface area contributed by atoms with Crippen molar-refractivity contribution in [2.75, 3.05) is 0 Å². The summed E-state index contributed by atoms with van der Waals surface area (Å²) in [4.78, 5) is 39.8. The van der Waals surface area contributed by atoms with Crippen molar-refractivity contribution in [3.05, 3.63) is 47.0 Å². The highest BCUT2D eigenvalue weighted by Gasteiger charge is 3.01. The molecule has 0 bridgehead atoms. The lowest BCUT2D eigenvalue weighted by atomic mass is 9.51. The third kappa shape index (κ3) is 2.20. The molecule has 0 amide bonds. The van der Waals surface area contributed by atoms with E-state index in [0.29, 0.717) is 0 Å². The van der Waals surface area contributed by atoms with Crippen LogP contribution in [0.1, 0.15) is 33.3 Å². The van der Waals surface area contributed by atoms with Crippen molar-refractivity contribution in [2.24, 2.45) is 22.2 Å². The number of benzene rings is 1. The van der Waals surface area contributed by atoms with E-state index < -0.39 is 82.5 Å². The third-order valence-corrected chi connectivity index (χ3v) is 9.53. The van der Waals surface area contributed by atoms with Gasteiger partial charge in [0, 0.05) is 17.1 Å². The highest BCUT2D eigenvalue weighted by Crippen LogP contribution is 2.83. The molecule has 0 aromatic heterocycles. The van der Waals surface area contributed by atoms with Gasteiger partial charge < -0.3 is 33.9 Å². The van der Waals surface area contributed by atoms with Crippen LogP contribution in [-0.4, -0.2) is 70.5 Å². The highest BCUT2D eigenvalue weighted by molar-refractivity contribution is 6.00. The Kier molecular flexibility index (Phi) is 4.29. The van der Waals surface area contributed by atoms with Crippen LogP contribution in [0.2, 0.25) is 0 Å². The van der Waals surface area contributed by atoms with Crippen molar-refractivity contribution in [2.45, 2.75) is 76.7 Å². The molecule has 2 saturated carbocycles. The topological polar surface area (TPSA) is 138 Å². The second-order valence-corrected chi connectivity index (χ2v) is 12.0. The summed E-state index contributed by atoms with van der Waals surface area (Å²) in [7, 11) is 0. The number of ether oxygens (including phenoxy) is 5. The first-order valence-electron chi connectivity index (χ1n) is 12.5. The van der Waals surface area contributed by atoms with Crippen LogP contribution in [0, 0.1) is 22.2 Å². The number of aliphatic hydroxyl groups is 2. The second kappa shape index (κ2) is 6.79. The van der Waals surface area contributed by atoms with E-state index in [1.54, 1.807) is 0 Å². The Morgan fingerprint density at radius 2 is 1.73 bits per heavy atom. The van der Waals surface area contributed by atoms with E-state index >= 15 is 0 Å². The molecule has 7 rings (SSSR count). The van der Waals surface area contributed by atoms with Crippen LogP contribution in [0.15, 0.2) is 41.5 Å². The predicted octanol–water partition coefficient (Wildman–Crippen LogP) is 0.775. The van der Waals surface area contributed by atoms with E-state index in [2.05, 4.69) is 0 Å². The highest BCUT2D eigenvalue weighted by atomic mass is 16.8. The van der Waals surface area contributed by atoms with Crippen LogP contribution in [0.25, 0.3) is 0 Å². The summed E-state index contributed by atoms with van der Waals surface area (Å²) in [6.07, 6.45) is -7.86. The van der Waals surface area contributed by atoms with Gasteiger partial charge >= 0.3 is 17.9 Å². The van der Waals surface area contributed by atoms with Gasteiger partial charge in [0.05, 0.1) is 23.5 Å². The first-order chi connectivity index (χ1) is 17.5. The Morgan fingerprint density at radius 3 is 2.41 bits per heavy atom. The van der Waals surface area contributed by atoms with Gasteiger partial charge in [-0.1, -0.05) is 51.1 Å². The molecular formula is C27H28O10. The summed E-state index contributed by atoms with van der Waals surface area (Å²) >= 11 is 0. The Hall–Kier alpha value is -2.79. The van der Waals surface area contributed by atoms with Crippen molar-refractivity contribution >= 4 is 17.9 Å². The minimum atomic E-state index is -1.97. The molecule has 10 nitrogen and oxygen atoms in total. The molecule has 196 valence electrons. The van der Waals surface area contributed by atoms with Gasteiger partial charge in [-0.05, 0) is 17.9 Å². The molecule has 0 radical (unpaired) electrons. The lowest BCUT2D eigenvalue weighted by Gasteiger charge is -2.48. The molecule has 3 saturated heterocycles. The lowest BCUT2D eigenvalue weighted by Crippen LogP contribution is -2.63. The Morgan fingerprint density at radius 1 is 1.03 bits per heavy atom. The molecule has 4 heterocycles. The zero-order chi connectivity index (χ0) is 26.3. The molecule has 6 aliphatic rings. The lowest BCUT2D eigenvalue weighted by molar-refractivity contribution is -0.195. The molecule has 37 heavy (non-hydrogen) atoms. The molecule has 10 heteroatoms. The molecule has 4 aliphatic heterocycles. The van der Waals surface area contributed by atoms with Gasteiger partial charge in [0.1, 0.15) is 12.2 Å². The fourth-order valence-corrected chi connectivity index (χ4v) is 8.73. The summed E-state index contributed by atoms with van der Waals surface area (Å²) in [6.45, 7) is 7.24. The molecule has 2 spiro atoms. The Balaban J connectivity index is 1.50. The molecule has 1 aromatic carbocycles. The van der Waals surface area contributed by atoms with Gasteiger partial charge in [-0.3, -0.25) is 0 Å². The van der Waals surface area contributed by atoms with Gasteiger partial charge in [0.25, 0.3) is 0 Å². The zero-order valence-electron chi connectivity index (χ0n) is 20.8. The van der Waals surface area contributed by atoms with E-state index in [1.165, 1.54) is 6.92 Å². The van der Waals surface area contributed by atoms with Crippen molar-refractivity contribution in [3.63, 3.8) is 0 Å². The van der Waals surface area contributed by atoms with Crippen molar-refractivity contribution in [1.82, 2.24) is 0 Å². The van der Waals surface area contributed by atoms with Crippen LogP contribution >= 0.6 is 0 Å². The number of carbonyl (C=O) groups excluding carboxylic acids is 3. The van der Waals surface area contributed by atoms with Gasteiger partial charge in [-0.25, -0.2) is 14.4 Å². The maximum absolute atomic E-state index is 13.7. The van der Waals surface area contributed by atoms with E-state index in [1.807, 2.05) is 51.1 Å². The third-order valence-electron chi connectivity index (χ3n) is 9.53. The number of rotatable bonds is 3. The molecule has 5 unspecified atom stereocenters. The quantitative estimate of drug-likeness (QED) is 0.441. The maximum atomic E-state index is 13.7. The normalized spacial score (nSPS) is 47.0. The average Bonchev–Trinajstić information content (AvgIpc) is 3.55. The number of hydrogen-bond acceptors (Lipinski definition) is 10. The molecule has 5 fully saturated rings. The first kappa shape index (κ1) is 23.3. The van der Waals surface area contributed by atoms with Gasteiger partial charge in [-0.2, -0.15) is 0 Å². The Labute approximate surface area is 212 Å². The molecular weight excluding hydrogens is 484 g/mol. The maximum Gasteiger partial charge on any atom is 0.344 e. The fourth-order valence-electron chi connectivity index (χ4n) is 8.73. The molecule has 10 atom stereocenters. The number of hydrogen-bond donors (Lipinski definition) is 2. The zero-order valence-corrected chi connectivity index (χ0v) is 20.8. The summed E-state index contributed by atoms with van der Waals surface area (Å²) in [5.74, 6) is -2.99. The molecule has 2 N–H and O–H groups in total. The minimum absolute atomic E-state index is 0.0425. The van der Waals surface area contributed by atoms with Crippen molar-refractivity contribution in [1.29, 1.82) is 0 Å². The SMILES string of the molecule is CC1=C2C(OC1=O)[C@H](O)C13C4OC(=O)[C@]21OC1OC(=O)[C@H](OCc2ccccc2)C13[C@H](C(C)(C)C)[C@H]4O. The number of aliphatic hydroxyl groups excluding tert-OH is 2. The standard InChI is InChI=1S/C27H28O10/c1-11-13-15(34-20(11)30)17(29)26-18-14(28)16(24(2,3)4)25(26)19(33-10-12-8-6-5-7-9-12)21(31)36-23(25)37-27(13,26)22(32)35-18/h5-9,14-19,23,28-29H,10H2,1-4H3/t14-,15?,16+,17+,18?,19+,23?,25?,26?,27-/m1/s1. The summed E-state index contributed by atoms with van der Waals surface area (Å²) in [5.41, 5.74) is -4.77. The monoisotopic (exact) mass is 512 g/mol. The summed E-state index contributed by atoms with van der Waals surface area (Å²) < 4.78 is 29.9. The average molecular weight is 513 g/mol. The van der Waals surface area contributed by atoms with Gasteiger partial charge in [0.2, 0.25) is 11.9 Å². The van der Waals surface area contributed by atoms with Crippen LogP contribution in [0.5, 0.6) is 0 Å². The van der Waals surface area contributed by atoms with E-state index in [9.17, 15) is 24.6 Å². The number of carbonyl (C=O) groups is 3. The van der Waals surface area contributed by atoms with E-state index in [0.717, 1.165) is 5.56 Å². The summed E-state index contributed by atoms with van der Waals surface area (Å²) in [5, 5.41) is 23.8. The molecule has 2 aliphatic carbocycles. The predicted molar refractivity (Wildman–Crippen MR) is 121 cm³/mol. The minimum Gasteiger partial charge on any atom is -0.456 e. The smallest absolute Gasteiger partial charge is 0.344 e. The van der Waals surface area contributed by atoms with Crippen LogP contribution in [0.3, 0.4) is 0 Å². The largest absolute Gasteiger partial charge is 0.456 e. The Bertz CT molecular complexity index is 1280. The van der Waals surface area contributed by atoms with Gasteiger partial charge in [-0.15, -0.1) is 0 Å². The fraction of sp³-hybridized carbons (Fsp3) is 0.593. The van der Waals surface area contributed by atoms with Crippen LogP contribution in [0.4, 0.5) is 0 Å².